The fraction of sp³-hybridized carbons (Fsp3) is 0.417. The van der Waals surface area contributed by atoms with Crippen LogP contribution in [0.15, 0.2) is 59.4 Å². The summed E-state index contributed by atoms with van der Waals surface area (Å²) >= 11 is 0. The first kappa shape index (κ1) is 21.8. The second-order valence-corrected chi connectivity index (χ2v) is 7.85. The summed E-state index contributed by atoms with van der Waals surface area (Å²) in [5, 5.41) is 0. The molecular formula is C24H31N3O3. The van der Waals surface area contributed by atoms with Gasteiger partial charge in [0.25, 0.3) is 5.91 Å². The van der Waals surface area contributed by atoms with E-state index in [0.717, 1.165) is 32.7 Å². The number of carbonyl (C=O) groups excluding carboxylic acids is 2. The molecule has 0 spiro atoms. The lowest BCUT2D eigenvalue weighted by atomic mass is 10.2. The molecule has 1 aliphatic rings. The molecule has 2 aromatic rings. The van der Waals surface area contributed by atoms with Crippen LogP contribution in [0.3, 0.4) is 0 Å². The van der Waals surface area contributed by atoms with Crippen molar-refractivity contribution in [2.24, 2.45) is 0 Å². The Hall–Kier alpha value is -2.86. The van der Waals surface area contributed by atoms with Gasteiger partial charge in [-0.05, 0) is 25.5 Å². The highest BCUT2D eigenvalue weighted by atomic mass is 16.3. The van der Waals surface area contributed by atoms with E-state index in [2.05, 4.69) is 29.2 Å². The Morgan fingerprint density at radius 3 is 2.47 bits per heavy atom. The lowest BCUT2D eigenvalue weighted by Gasteiger charge is -2.35. The Morgan fingerprint density at radius 2 is 1.83 bits per heavy atom. The fourth-order valence-corrected chi connectivity index (χ4v) is 3.60. The van der Waals surface area contributed by atoms with E-state index < -0.39 is 0 Å². The van der Waals surface area contributed by atoms with Crippen LogP contribution >= 0.6 is 0 Å². The summed E-state index contributed by atoms with van der Waals surface area (Å²) in [7, 11) is 0. The molecule has 1 fully saturated rings. The van der Waals surface area contributed by atoms with Crippen LogP contribution in [0.5, 0.6) is 0 Å². The number of nitrogens with zero attached hydrogens (tertiary/aromatic N) is 3. The number of carbonyl (C=O) groups is 2. The van der Waals surface area contributed by atoms with Crippen LogP contribution in [0.2, 0.25) is 0 Å². The maximum Gasteiger partial charge on any atom is 0.257 e. The van der Waals surface area contributed by atoms with E-state index in [4.69, 9.17) is 4.42 Å². The summed E-state index contributed by atoms with van der Waals surface area (Å²) in [4.78, 5) is 31.3. The summed E-state index contributed by atoms with van der Waals surface area (Å²) in [6, 6.07) is 11.9. The molecule has 0 bridgehead atoms. The molecule has 0 aliphatic carbocycles. The molecular weight excluding hydrogens is 378 g/mol. The van der Waals surface area contributed by atoms with Crippen molar-refractivity contribution in [3.63, 3.8) is 0 Å². The number of furan rings is 1. The van der Waals surface area contributed by atoms with Gasteiger partial charge in [-0.1, -0.05) is 42.5 Å². The second kappa shape index (κ2) is 10.8. The molecule has 6 heteroatoms. The quantitative estimate of drug-likeness (QED) is 0.671. The number of benzene rings is 1. The first-order valence-corrected chi connectivity index (χ1v) is 10.6. The highest BCUT2D eigenvalue weighted by Crippen LogP contribution is 2.12. The lowest BCUT2D eigenvalue weighted by molar-refractivity contribution is -0.133. The van der Waals surface area contributed by atoms with Gasteiger partial charge >= 0.3 is 0 Å². The SMILES string of the molecule is CC(C)N(CCC(=O)N1CCN(C/C=C/c2ccccc2)CC1)C(=O)c1ccoc1. The van der Waals surface area contributed by atoms with E-state index in [1.54, 1.807) is 11.0 Å². The summed E-state index contributed by atoms with van der Waals surface area (Å²) in [5.41, 5.74) is 1.72. The van der Waals surface area contributed by atoms with Crippen LogP contribution < -0.4 is 0 Å². The molecule has 1 aliphatic heterocycles. The van der Waals surface area contributed by atoms with Gasteiger partial charge in [0, 0.05) is 51.7 Å². The van der Waals surface area contributed by atoms with Gasteiger partial charge in [-0.25, -0.2) is 0 Å². The van der Waals surface area contributed by atoms with E-state index in [1.165, 1.54) is 18.1 Å². The van der Waals surface area contributed by atoms with Crippen molar-refractivity contribution in [3.8, 4) is 0 Å². The number of rotatable bonds is 8. The average Bonchev–Trinajstić information content (AvgIpc) is 3.29. The van der Waals surface area contributed by atoms with Crippen LogP contribution in [0.25, 0.3) is 6.08 Å². The normalized spacial score (nSPS) is 15.1. The van der Waals surface area contributed by atoms with Crippen molar-refractivity contribution < 1.29 is 14.0 Å². The maximum absolute atomic E-state index is 12.7. The number of amides is 2. The van der Waals surface area contributed by atoms with Crippen molar-refractivity contribution in [2.75, 3.05) is 39.3 Å². The van der Waals surface area contributed by atoms with Crippen LogP contribution in [0, 0.1) is 0 Å². The minimum atomic E-state index is -0.0958. The molecule has 0 radical (unpaired) electrons. The highest BCUT2D eigenvalue weighted by Gasteiger charge is 2.24. The summed E-state index contributed by atoms with van der Waals surface area (Å²) in [6.07, 6.45) is 7.59. The molecule has 2 amide bonds. The van der Waals surface area contributed by atoms with Crippen LogP contribution in [-0.2, 0) is 4.79 Å². The summed E-state index contributed by atoms with van der Waals surface area (Å²) in [5.74, 6) is 0.0155. The maximum atomic E-state index is 12.7. The third kappa shape index (κ3) is 6.07. The largest absolute Gasteiger partial charge is 0.472 e. The zero-order valence-corrected chi connectivity index (χ0v) is 17.9. The predicted octanol–water partition coefficient (Wildman–Crippen LogP) is 3.38. The van der Waals surface area contributed by atoms with Gasteiger partial charge in [-0.15, -0.1) is 0 Å². The van der Waals surface area contributed by atoms with Crippen LogP contribution in [0.1, 0.15) is 36.2 Å². The molecule has 2 heterocycles. The molecule has 0 saturated carbocycles. The number of piperazine rings is 1. The predicted molar refractivity (Wildman–Crippen MR) is 118 cm³/mol. The molecule has 1 aromatic carbocycles. The first-order chi connectivity index (χ1) is 14.5. The number of hydrogen-bond acceptors (Lipinski definition) is 4. The Bertz CT molecular complexity index is 823. The Balaban J connectivity index is 1.42. The van der Waals surface area contributed by atoms with E-state index in [-0.39, 0.29) is 17.9 Å². The highest BCUT2D eigenvalue weighted by molar-refractivity contribution is 5.94. The van der Waals surface area contributed by atoms with E-state index in [0.29, 0.717) is 18.5 Å². The van der Waals surface area contributed by atoms with Crippen LogP contribution in [0.4, 0.5) is 0 Å². The zero-order valence-electron chi connectivity index (χ0n) is 17.9. The minimum absolute atomic E-state index is 0.0217. The van der Waals surface area contributed by atoms with Gasteiger partial charge in [0.05, 0.1) is 11.8 Å². The fourth-order valence-electron chi connectivity index (χ4n) is 3.60. The zero-order chi connectivity index (χ0) is 21.3. The molecule has 1 saturated heterocycles. The smallest absolute Gasteiger partial charge is 0.257 e. The summed E-state index contributed by atoms with van der Waals surface area (Å²) < 4.78 is 5.02. The van der Waals surface area contributed by atoms with E-state index >= 15 is 0 Å². The van der Waals surface area contributed by atoms with Gasteiger partial charge in [0.15, 0.2) is 0 Å². The van der Waals surface area contributed by atoms with Crippen molar-refractivity contribution in [1.29, 1.82) is 0 Å². The Morgan fingerprint density at radius 1 is 1.10 bits per heavy atom. The monoisotopic (exact) mass is 409 g/mol. The lowest BCUT2D eigenvalue weighted by Crippen LogP contribution is -2.49. The number of hydrogen-bond donors (Lipinski definition) is 0. The van der Waals surface area contributed by atoms with Gasteiger partial charge < -0.3 is 14.2 Å². The molecule has 0 atom stereocenters. The molecule has 160 valence electrons. The third-order valence-corrected chi connectivity index (χ3v) is 5.42. The van der Waals surface area contributed by atoms with Gasteiger partial charge in [0.1, 0.15) is 6.26 Å². The second-order valence-electron chi connectivity index (χ2n) is 7.85. The van der Waals surface area contributed by atoms with Crippen LogP contribution in [-0.4, -0.2) is 71.8 Å². The Labute approximate surface area is 178 Å². The van der Waals surface area contributed by atoms with Gasteiger partial charge in [-0.2, -0.15) is 0 Å². The van der Waals surface area contributed by atoms with Gasteiger partial charge in [-0.3, -0.25) is 14.5 Å². The van der Waals surface area contributed by atoms with Crippen molar-refractivity contribution in [2.45, 2.75) is 26.3 Å². The average molecular weight is 410 g/mol. The standard InChI is InChI=1S/C24H31N3O3/c1-20(2)27(24(29)22-11-18-30-19-22)13-10-23(28)26-16-14-25(15-17-26)12-6-9-21-7-4-3-5-8-21/h3-9,11,18-20H,10,12-17H2,1-2H3/b9-6+. The molecule has 30 heavy (non-hydrogen) atoms. The van der Waals surface area contributed by atoms with Crippen molar-refractivity contribution >= 4 is 17.9 Å². The summed E-state index contributed by atoms with van der Waals surface area (Å²) in [6.45, 7) is 8.43. The molecule has 6 nitrogen and oxygen atoms in total. The first-order valence-electron chi connectivity index (χ1n) is 10.6. The molecule has 3 rings (SSSR count). The molecule has 1 aromatic heterocycles. The van der Waals surface area contributed by atoms with E-state index in [9.17, 15) is 9.59 Å². The molecule has 0 unspecified atom stereocenters. The third-order valence-electron chi connectivity index (χ3n) is 5.42. The molecule has 0 N–H and O–H groups in total. The van der Waals surface area contributed by atoms with Gasteiger partial charge in [0.2, 0.25) is 5.91 Å². The van der Waals surface area contributed by atoms with E-state index in [1.807, 2.05) is 36.9 Å². The topological polar surface area (TPSA) is 57.0 Å². The minimum Gasteiger partial charge on any atom is -0.472 e. The Kier molecular flexibility index (Phi) is 7.85. The van der Waals surface area contributed by atoms with Crippen molar-refractivity contribution in [1.82, 2.24) is 14.7 Å². The van der Waals surface area contributed by atoms with Crippen molar-refractivity contribution in [3.05, 3.63) is 66.1 Å².